The number of nitrogens with zero attached hydrogens (tertiary/aromatic N) is 1. The Kier molecular flexibility index (Phi) is 4.51. The molecule has 1 aromatic carbocycles. The summed E-state index contributed by atoms with van der Waals surface area (Å²) in [5.41, 5.74) is 0.569. The Balaban J connectivity index is 2.22. The van der Waals surface area contributed by atoms with Crippen molar-refractivity contribution in [1.29, 1.82) is 0 Å². The molecule has 0 aliphatic rings. The van der Waals surface area contributed by atoms with Gasteiger partial charge in [-0.15, -0.1) is 0 Å². The van der Waals surface area contributed by atoms with Crippen LogP contribution < -0.4 is 5.32 Å². The van der Waals surface area contributed by atoms with E-state index in [9.17, 15) is 13.2 Å². The maximum absolute atomic E-state index is 12.1. The van der Waals surface area contributed by atoms with Crippen molar-refractivity contribution in [2.24, 2.45) is 0 Å². The fourth-order valence-electron chi connectivity index (χ4n) is 1.54. The van der Waals surface area contributed by atoms with Crippen LogP contribution in [-0.2, 0) is 9.84 Å². The van der Waals surface area contributed by atoms with E-state index in [-0.39, 0.29) is 15.6 Å². The highest BCUT2D eigenvalue weighted by atomic mass is 35.5. The molecule has 0 fully saturated rings. The molecule has 1 aromatic heterocycles. The van der Waals surface area contributed by atoms with Gasteiger partial charge in [0.1, 0.15) is 0 Å². The average Bonchev–Trinajstić information content (AvgIpc) is 2.41. The quantitative estimate of drug-likeness (QED) is 0.928. The van der Waals surface area contributed by atoms with Crippen molar-refractivity contribution in [3.8, 4) is 0 Å². The van der Waals surface area contributed by atoms with E-state index in [1.54, 1.807) is 6.07 Å². The van der Waals surface area contributed by atoms with Gasteiger partial charge in [0, 0.05) is 11.3 Å². The predicted molar refractivity (Wildman–Crippen MR) is 81.8 cm³/mol. The number of carbonyl (C=O) groups is 1. The lowest BCUT2D eigenvalue weighted by Gasteiger charge is -2.07. The van der Waals surface area contributed by atoms with Crippen LogP contribution in [0.15, 0.2) is 41.6 Å². The van der Waals surface area contributed by atoms with E-state index in [0.717, 1.165) is 6.26 Å². The number of sulfone groups is 1. The summed E-state index contributed by atoms with van der Waals surface area (Å²) in [4.78, 5) is 15.8. The van der Waals surface area contributed by atoms with Gasteiger partial charge in [-0.1, -0.05) is 23.2 Å². The summed E-state index contributed by atoms with van der Waals surface area (Å²) < 4.78 is 22.6. The third kappa shape index (κ3) is 3.93. The molecule has 1 N–H and O–H groups in total. The molecular weight excluding hydrogens is 335 g/mol. The van der Waals surface area contributed by atoms with E-state index in [1.807, 2.05) is 0 Å². The van der Waals surface area contributed by atoms with Crippen molar-refractivity contribution in [2.75, 3.05) is 11.6 Å². The van der Waals surface area contributed by atoms with Gasteiger partial charge < -0.3 is 5.32 Å². The maximum Gasteiger partial charge on any atom is 0.257 e. The number of benzene rings is 1. The summed E-state index contributed by atoms with van der Waals surface area (Å²) >= 11 is 11.7. The second-order valence-corrected chi connectivity index (χ2v) is 7.04. The van der Waals surface area contributed by atoms with Crippen LogP contribution in [0.25, 0.3) is 0 Å². The first-order valence-corrected chi connectivity index (χ1v) is 8.34. The molecule has 0 aliphatic heterocycles. The lowest BCUT2D eigenvalue weighted by atomic mass is 10.2. The van der Waals surface area contributed by atoms with Gasteiger partial charge in [0.25, 0.3) is 5.91 Å². The number of pyridine rings is 1. The SMILES string of the molecule is CS(=O)(=O)c1ccc(NC(=O)c2cc(Cl)ccc2Cl)cn1. The number of halogens is 2. The zero-order valence-electron chi connectivity index (χ0n) is 10.8. The molecule has 5 nitrogen and oxygen atoms in total. The van der Waals surface area contributed by atoms with Gasteiger partial charge in [0.15, 0.2) is 14.9 Å². The van der Waals surface area contributed by atoms with E-state index < -0.39 is 15.7 Å². The fraction of sp³-hybridized carbons (Fsp3) is 0.0769. The summed E-state index contributed by atoms with van der Waals surface area (Å²) in [7, 11) is -3.37. The molecule has 1 heterocycles. The number of hydrogen-bond acceptors (Lipinski definition) is 4. The number of nitrogens with one attached hydrogen (secondary N) is 1. The van der Waals surface area contributed by atoms with Gasteiger partial charge in [-0.2, -0.15) is 0 Å². The van der Waals surface area contributed by atoms with E-state index >= 15 is 0 Å². The summed E-state index contributed by atoms with van der Waals surface area (Å²) in [6.07, 6.45) is 2.31. The smallest absolute Gasteiger partial charge is 0.257 e. The van der Waals surface area contributed by atoms with E-state index in [4.69, 9.17) is 23.2 Å². The van der Waals surface area contributed by atoms with Gasteiger partial charge in [-0.25, -0.2) is 13.4 Å². The molecule has 0 aliphatic carbocycles. The van der Waals surface area contributed by atoms with Crippen LogP contribution >= 0.6 is 23.2 Å². The summed E-state index contributed by atoms with van der Waals surface area (Å²) in [6.45, 7) is 0. The maximum atomic E-state index is 12.1. The standard InChI is InChI=1S/C13H10Cl2N2O3S/c1-21(19,20)12-5-3-9(7-16-12)17-13(18)10-6-8(14)2-4-11(10)15/h2-7H,1H3,(H,17,18). The van der Waals surface area contributed by atoms with Crippen LogP contribution in [0.2, 0.25) is 10.0 Å². The largest absolute Gasteiger partial charge is 0.321 e. The molecular formula is C13H10Cl2N2O3S. The molecule has 0 saturated heterocycles. The monoisotopic (exact) mass is 344 g/mol. The molecule has 0 unspecified atom stereocenters. The van der Waals surface area contributed by atoms with E-state index in [0.29, 0.717) is 10.7 Å². The Hall–Kier alpha value is -1.63. The second-order valence-electron chi connectivity index (χ2n) is 4.24. The van der Waals surface area contributed by atoms with Gasteiger partial charge in [-0.05, 0) is 30.3 Å². The molecule has 8 heteroatoms. The molecule has 21 heavy (non-hydrogen) atoms. The first-order chi connectivity index (χ1) is 9.77. The lowest BCUT2D eigenvalue weighted by molar-refractivity contribution is 0.102. The number of aromatic nitrogens is 1. The normalized spacial score (nSPS) is 11.2. The zero-order chi connectivity index (χ0) is 15.6. The molecule has 0 radical (unpaired) electrons. The number of hydrogen-bond donors (Lipinski definition) is 1. The molecule has 0 saturated carbocycles. The van der Waals surface area contributed by atoms with Gasteiger partial charge in [0.05, 0.1) is 22.5 Å². The van der Waals surface area contributed by atoms with Crippen LogP contribution in [-0.4, -0.2) is 25.6 Å². The molecule has 2 rings (SSSR count). The molecule has 1 amide bonds. The summed E-state index contributed by atoms with van der Waals surface area (Å²) in [6, 6.07) is 7.29. The predicted octanol–water partition coefficient (Wildman–Crippen LogP) is 3.04. The molecule has 0 atom stereocenters. The number of carbonyl (C=O) groups excluding carboxylic acids is 1. The average molecular weight is 345 g/mol. The third-order valence-corrected chi connectivity index (χ3v) is 4.11. The molecule has 0 bridgehead atoms. The van der Waals surface area contributed by atoms with E-state index in [2.05, 4.69) is 10.3 Å². The van der Waals surface area contributed by atoms with Crippen molar-refractivity contribution < 1.29 is 13.2 Å². The minimum atomic E-state index is -3.37. The Labute approximate surface area is 131 Å². The summed E-state index contributed by atoms with van der Waals surface area (Å²) in [5, 5.41) is 3.14. The Morgan fingerprint density at radius 3 is 2.48 bits per heavy atom. The highest BCUT2D eigenvalue weighted by Gasteiger charge is 2.13. The van der Waals surface area contributed by atoms with Crippen molar-refractivity contribution >= 4 is 44.6 Å². The van der Waals surface area contributed by atoms with Crippen molar-refractivity contribution in [3.63, 3.8) is 0 Å². The molecule has 110 valence electrons. The third-order valence-electron chi connectivity index (χ3n) is 2.55. The number of amides is 1. The van der Waals surface area contributed by atoms with Gasteiger partial charge in [0.2, 0.25) is 0 Å². The summed E-state index contributed by atoms with van der Waals surface area (Å²) in [5.74, 6) is -0.462. The van der Waals surface area contributed by atoms with Crippen LogP contribution in [0.1, 0.15) is 10.4 Å². The Morgan fingerprint density at radius 2 is 1.90 bits per heavy atom. The first kappa shape index (κ1) is 15.8. The van der Waals surface area contributed by atoms with Crippen LogP contribution in [0.4, 0.5) is 5.69 Å². The minimum absolute atomic E-state index is 0.0683. The van der Waals surface area contributed by atoms with Crippen LogP contribution in [0.3, 0.4) is 0 Å². The topological polar surface area (TPSA) is 76.1 Å². The molecule has 2 aromatic rings. The first-order valence-electron chi connectivity index (χ1n) is 5.70. The van der Waals surface area contributed by atoms with Gasteiger partial charge >= 0.3 is 0 Å². The lowest BCUT2D eigenvalue weighted by Crippen LogP contribution is -2.13. The minimum Gasteiger partial charge on any atom is -0.321 e. The van der Waals surface area contributed by atoms with Gasteiger partial charge in [-0.3, -0.25) is 4.79 Å². The van der Waals surface area contributed by atoms with E-state index in [1.165, 1.54) is 30.5 Å². The Bertz CT molecular complexity index is 790. The van der Waals surface area contributed by atoms with Crippen LogP contribution in [0.5, 0.6) is 0 Å². The number of anilines is 1. The van der Waals surface area contributed by atoms with Crippen molar-refractivity contribution in [3.05, 3.63) is 52.1 Å². The highest BCUT2D eigenvalue weighted by molar-refractivity contribution is 7.90. The van der Waals surface area contributed by atoms with Crippen molar-refractivity contribution in [1.82, 2.24) is 4.98 Å². The highest BCUT2D eigenvalue weighted by Crippen LogP contribution is 2.22. The van der Waals surface area contributed by atoms with Crippen LogP contribution in [0, 0.1) is 0 Å². The van der Waals surface area contributed by atoms with Crippen molar-refractivity contribution in [2.45, 2.75) is 5.03 Å². The number of rotatable bonds is 3. The zero-order valence-corrected chi connectivity index (χ0v) is 13.1. The fourth-order valence-corrected chi connectivity index (χ4v) is 2.48. The second kappa shape index (κ2) is 6.01. The Morgan fingerprint density at radius 1 is 1.19 bits per heavy atom. The molecule has 0 spiro atoms.